The van der Waals surface area contributed by atoms with Gasteiger partial charge in [0.15, 0.2) is 0 Å². The summed E-state index contributed by atoms with van der Waals surface area (Å²) >= 11 is 3.69. The Morgan fingerprint density at radius 2 is 2.29 bits per heavy atom. The van der Waals surface area contributed by atoms with Gasteiger partial charge in [0, 0.05) is 18.6 Å². The molecule has 1 aromatic carbocycles. The first-order valence-electron chi connectivity index (χ1n) is 3.76. The zero-order valence-electron chi connectivity index (χ0n) is 7.41. The summed E-state index contributed by atoms with van der Waals surface area (Å²) in [7, 11) is 1.47. The lowest BCUT2D eigenvalue weighted by molar-refractivity contribution is 0.444. The van der Waals surface area contributed by atoms with Gasteiger partial charge in [0.1, 0.15) is 5.82 Å². The first-order valence-corrected chi connectivity index (χ1v) is 5.21. The molecule has 1 aromatic rings. The maximum atomic E-state index is 12.6. The highest BCUT2D eigenvalue weighted by Gasteiger charge is 2.08. The molecule has 0 fully saturated rings. The standard InChI is InChI=1S/C8H9ClFNO2S/c1-11(14(12)13)5-6-2-3-7(10)4-8(6)9/h2-4H,5H2,1H3,(H,12,13). The predicted molar refractivity (Wildman–Crippen MR) is 53.6 cm³/mol. The molecule has 0 spiro atoms. The largest absolute Gasteiger partial charge is 0.294 e. The summed E-state index contributed by atoms with van der Waals surface area (Å²) in [5.74, 6) is -0.425. The molecule has 6 heteroatoms. The van der Waals surface area contributed by atoms with Crippen molar-refractivity contribution in [3.63, 3.8) is 0 Å². The van der Waals surface area contributed by atoms with Gasteiger partial charge in [0.2, 0.25) is 11.3 Å². The number of hydrogen-bond acceptors (Lipinski definition) is 1. The summed E-state index contributed by atoms with van der Waals surface area (Å²) in [6.45, 7) is 0.197. The van der Waals surface area contributed by atoms with E-state index in [-0.39, 0.29) is 11.6 Å². The van der Waals surface area contributed by atoms with Crippen LogP contribution in [-0.2, 0) is 17.8 Å². The quantitative estimate of drug-likeness (QED) is 0.818. The summed E-state index contributed by atoms with van der Waals surface area (Å²) < 4.78 is 33.1. The minimum atomic E-state index is -2.04. The molecule has 1 unspecified atom stereocenters. The van der Waals surface area contributed by atoms with Gasteiger partial charge in [-0.3, -0.25) is 4.55 Å². The number of nitrogens with zero attached hydrogens (tertiary/aromatic N) is 1. The van der Waals surface area contributed by atoms with Crippen molar-refractivity contribution in [1.29, 1.82) is 0 Å². The Kier molecular flexibility index (Phi) is 4.00. The summed E-state index contributed by atoms with van der Waals surface area (Å²) in [5, 5.41) is 0.252. The lowest BCUT2D eigenvalue weighted by atomic mass is 10.2. The Morgan fingerprint density at radius 3 is 2.79 bits per heavy atom. The van der Waals surface area contributed by atoms with Crippen LogP contribution in [0.3, 0.4) is 0 Å². The van der Waals surface area contributed by atoms with E-state index in [1.165, 1.54) is 29.6 Å². The Labute approximate surface area is 88.9 Å². The lowest BCUT2D eigenvalue weighted by Gasteiger charge is -2.12. The normalized spacial score (nSPS) is 13.2. The first-order chi connectivity index (χ1) is 6.50. The van der Waals surface area contributed by atoms with Crippen LogP contribution in [0.5, 0.6) is 0 Å². The summed E-state index contributed by atoms with van der Waals surface area (Å²) in [6, 6.07) is 3.92. The highest BCUT2D eigenvalue weighted by Crippen LogP contribution is 2.18. The van der Waals surface area contributed by atoms with Crippen LogP contribution in [-0.4, -0.2) is 20.1 Å². The SMILES string of the molecule is CN(Cc1ccc(F)cc1Cl)S(=O)O. The van der Waals surface area contributed by atoms with Crippen molar-refractivity contribution in [2.45, 2.75) is 6.54 Å². The molecule has 0 aliphatic rings. The van der Waals surface area contributed by atoms with Crippen LogP contribution in [0.2, 0.25) is 5.02 Å². The second-order valence-corrected chi connectivity index (χ2v) is 4.24. The first kappa shape index (κ1) is 11.6. The number of hydrogen-bond donors (Lipinski definition) is 1. The summed E-state index contributed by atoms with van der Waals surface area (Å²) in [4.78, 5) is 0. The molecule has 78 valence electrons. The van der Waals surface area contributed by atoms with Crippen molar-refractivity contribution >= 4 is 22.9 Å². The van der Waals surface area contributed by atoms with Crippen LogP contribution >= 0.6 is 11.6 Å². The number of halogens is 2. The highest BCUT2D eigenvalue weighted by molar-refractivity contribution is 7.76. The van der Waals surface area contributed by atoms with Crippen molar-refractivity contribution in [2.75, 3.05) is 7.05 Å². The monoisotopic (exact) mass is 237 g/mol. The molecule has 0 radical (unpaired) electrons. The lowest BCUT2D eigenvalue weighted by Crippen LogP contribution is -2.19. The van der Waals surface area contributed by atoms with Crippen molar-refractivity contribution in [3.05, 3.63) is 34.6 Å². The van der Waals surface area contributed by atoms with Gasteiger partial charge in [-0.1, -0.05) is 17.7 Å². The van der Waals surface area contributed by atoms with Crippen molar-refractivity contribution < 1.29 is 13.2 Å². The average Bonchev–Trinajstić information content (AvgIpc) is 2.09. The van der Waals surface area contributed by atoms with Gasteiger partial charge in [-0.05, 0) is 17.7 Å². The topological polar surface area (TPSA) is 40.5 Å². The van der Waals surface area contributed by atoms with Crippen LogP contribution < -0.4 is 0 Å². The van der Waals surface area contributed by atoms with E-state index in [9.17, 15) is 8.60 Å². The summed E-state index contributed by atoms with van der Waals surface area (Å²) in [6.07, 6.45) is 0. The molecule has 0 aliphatic carbocycles. The third kappa shape index (κ3) is 3.02. The van der Waals surface area contributed by atoms with Crippen molar-refractivity contribution in [3.8, 4) is 0 Å². The van der Waals surface area contributed by atoms with E-state index in [2.05, 4.69) is 0 Å². The maximum absolute atomic E-state index is 12.6. The molecule has 0 aliphatic heterocycles. The Bertz CT molecular complexity index is 361. The second kappa shape index (κ2) is 4.84. The molecule has 0 saturated carbocycles. The molecular weight excluding hydrogens is 229 g/mol. The molecule has 0 amide bonds. The van der Waals surface area contributed by atoms with E-state index in [4.69, 9.17) is 16.2 Å². The molecular formula is C8H9ClFNO2S. The summed E-state index contributed by atoms with van der Waals surface area (Å²) in [5.41, 5.74) is 0.609. The van der Waals surface area contributed by atoms with Gasteiger partial charge in [0.05, 0.1) is 0 Å². The van der Waals surface area contributed by atoms with Crippen LogP contribution in [0.1, 0.15) is 5.56 Å². The Morgan fingerprint density at radius 1 is 1.64 bits per heavy atom. The third-order valence-corrected chi connectivity index (χ3v) is 2.69. The smallest absolute Gasteiger partial charge is 0.234 e. The Hall–Kier alpha value is -0.490. The van der Waals surface area contributed by atoms with Gasteiger partial charge in [-0.25, -0.2) is 8.60 Å². The molecule has 0 heterocycles. The van der Waals surface area contributed by atoms with Crippen molar-refractivity contribution in [2.24, 2.45) is 0 Å². The van der Waals surface area contributed by atoms with E-state index in [1.807, 2.05) is 0 Å². The van der Waals surface area contributed by atoms with E-state index >= 15 is 0 Å². The Balaban J connectivity index is 2.82. The molecule has 0 aromatic heterocycles. The van der Waals surface area contributed by atoms with Crippen LogP contribution in [0.15, 0.2) is 18.2 Å². The van der Waals surface area contributed by atoms with Crippen LogP contribution in [0, 0.1) is 5.82 Å². The third-order valence-electron chi connectivity index (χ3n) is 1.67. The van der Waals surface area contributed by atoms with Gasteiger partial charge in [-0.15, -0.1) is 0 Å². The minimum Gasteiger partial charge on any atom is -0.294 e. The molecule has 1 rings (SSSR count). The number of rotatable bonds is 3. The number of benzene rings is 1. The van der Waals surface area contributed by atoms with Crippen LogP contribution in [0.4, 0.5) is 4.39 Å². The molecule has 14 heavy (non-hydrogen) atoms. The predicted octanol–water partition coefficient (Wildman–Crippen LogP) is 2.05. The fourth-order valence-electron chi connectivity index (χ4n) is 0.945. The van der Waals surface area contributed by atoms with Gasteiger partial charge < -0.3 is 0 Å². The molecule has 0 saturated heterocycles. The zero-order chi connectivity index (χ0) is 10.7. The van der Waals surface area contributed by atoms with E-state index < -0.39 is 17.1 Å². The second-order valence-electron chi connectivity index (χ2n) is 2.75. The molecule has 1 N–H and O–H groups in total. The molecule has 0 bridgehead atoms. The maximum Gasteiger partial charge on any atom is 0.234 e. The molecule has 1 atom stereocenters. The fourth-order valence-corrected chi connectivity index (χ4v) is 1.42. The highest BCUT2D eigenvalue weighted by atomic mass is 35.5. The minimum absolute atomic E-state index is 0.197. The van der Waals surface area contributed by atoms with Gasteiger partial charge in [-0.2, -0.15) is 4.31 Å². The van der Waals surface area contributed by atoms with E-state index in [0.717, 1.165) is 0 Å². The van der Waals surface area contributed by atoms with E-state index in [0.29, 0.717) is 5.56 Å². The fraction of sp³-hybridized carbons (Fsp3) is 0.250. The van der Waals surface area contributed by atoms with E-state index in [1.54, 1.807) is 0 Å². The van der Waals surface area contributed by atoms with Crippen LogP contribution in [0.25, 0.3) is 0 Å². The van der Waals surface area contributed by atoms with Gasteiger partial charge >= 0.3 is 0 Å². The van der Waals surface area contributed by atoms with Gasteiger partial charge in [0.25, 0.3) is 0 Å². The average molecular weight is 238 g/mol. The zero-order valence-corrected chi connectivity index (χ0v) is 8.98. The van der Waals surface area contributed by atoms with Crippen molar-refractivity contribution in [1.82, 2.24) is 4.31 Å². The molecule has 3 nitrogen and oxygen atoms in total.